The Balaban J connectivity index is -0.000000308. The van der Waals surface area contributed by atoms with Crippen molar-refractivity contribution in [3.05, 3.63) is 74.0 Å². The average molecular weight is 533 g/mol. The summed E-state index contributed by atoms with van der Waals surface area (Å²) in [6, 6.07) is 0. The fraction of sp³-hybridized carbons (Fsp3) is 0.455. The molecule has 2 saturated carbocycles. The molecule has 0 unspecified atom stereocenters. The molecule has 0 heterocycles. The van der Waals surface area contributed by atoms with Crippen LogP contribution in [0.5, 0.6) is 0 Å². The van der Waals surface area contributed by atoms with Gasteiger partial charge < -0.3 is 14.9 Å². The maximum Gasteiger partial charge on any atom is 2.00 e. The third-order valence-corrected chi connectivity index (χ3v) is 5.62. The van der Waals surface area contributed by atoms with E-state index < -0.39 is 0 Å². The van der Waals surface area contributed by atoms with E-state index in [9.17, 15) is 0 Å². The molecule has 0 aromatic heterocycles. The molecule has 0 aromatic rings. The summed E-state index contributed by atoms with van der Waals surface area (Å²) in [5.41, 5.74) is 0. The van der Waals surface area contributed by atoms with Crippen LogP contribution in [0.3, 0.4) is 0 Å². The summed E-state index contributed by atoms with van der Waals surface area (Å²) in [6.07, 6.45) is 0. The molecule has 0 atom stereocenters. The fourth-order valence-corrected chi connectivity index (χ4v) is 2.81. The van der Waals surface area contributed by atoms with E-state index in [4.69, 9.17) is 0 Å². The molecule has 0 nitrogen and oxygen atoms in total. The van der Waals surface area contributed by atoms with Gasteiger partial charge in [0.25, 0.3) is 0 Å². The van der Waals surface area contributed by atoms with Crippen molar-refractivity contribution in [1.29, 1.82) is 0 Å². The first-order chi connectivity index (χ1) is 9.11. The quantitative estimate of drug-likeness (QED) is 0.300. The SMILES string of the molecule is C[C]1[C](C)[C](C)[C](C)[C]1C.C[C]1[C](C)[C](C)[C](C)[C]1C.[CH3-].[CH3-].[Th+2]. The molecule has 0 saturated heterocycles. The normalized spacial score (nSPS) is 24.8. The molecule has 0 bridgehead atoms. The van der Waals surface area contributed by atoms with Crippen LogP contribution in [0.15, 0.2) is 0 Å². The Labute approximate surface area is 182 Å². The Morgan fingerprint density at radius 3 is 0.348 bits per heavy atom. The molecule has 1 heteroatoms. The minimum absolute atomic E-state index is 0. The molecule has 0 aromatic carbocycles. The van der Waals surface area contributed by atoms with E-state index in [-0.39, 0.29) is 54.8 Å². The van der Waals surface area contributed by atoms with Gasteiger partial charge in [0.2, 0.25) is 0 Å². The predicted molar refractivity (Wildman–Crippen MR) is 102 cm³/mol. The molecular formula is C22H36Th. The fourth-order valence-electron chi connectivity index (χ4n) is 2.81. The molecule has 0 N–H and O–H groups in total. The second kappa shape index (κ2) is 11.8. The van der Waals surface area contributed by atoms with Crippen LogP contribution in [0.2, 0.25) is 0 Å². The third-order valence-electron chi connectivity index (χ3n) is 5.62. The van der Waals surface area contributed by atoms with E-state index in [1.807, 2.05) is 0 Å². The Bertz CT molecular complexity index is 181. The molecule has 0 spiro atoms. The molecule has 0 aliphatic heterocycles. The van der Waals surface area contributed by atoms with Gasteiger partial charge in [-0.25, -0.2) is 0 Å². The third kappa shape index (κ3) is 6.21. The summed E-state index contributed by atoms with van der Waals surface area (Å²) in [6.45, 7) is 22.0. The topological polar surface area (TPSA) is 0 Å². The number of rotatable bonds is 0. The summed E-state index contributed by atoms with van der Waals surface area (Å²) in [5.74, 6) is 14.7. The first-order valence-corrected chi connectivity index (χ1v) is 7.50. The summed E-state index contributed by atoms with van der Waals surface area (Å²) in [4.78, 5) is 0. The van der Waals surface area contributed by atoms with E-state index in [1.165, 1.54) is 59.2 Å². The molecule has 2 rings (SSSR count). The summed E-state index contributed by atoms with van der Waals surface area (Å²) < 4.78 is 0. The Morgan fingerprint density at radius 1 is 0.261 bits per heavy atom. The van der Waals surface area contributed by atoms with Crippen LogP contribution >= 0.6 is 0 Å². The molecule has 0 amide bonds. The molecule has 2 fully saturated rings. The van der Waals surface area contributed by atoms with Crippen molar-refractivity contribution in [3.8, 4) is 0 Å². The van der Waals surface area contributed by atoms with Crippen molar-refractivity contribution >= 4 is 0 Å². The van der Waals surface area contributed by atoms with Gasteiger partial charge in [0, 0.05) is 0 Å². The van der Waals surface area contributed by atoms with Gasteiger partial charge in [0.15, 0.2) is 0 Å². The summed E-state index contributed by atoms with van der Waals surface area (Å²) in [5, 5.41) is 0. The molecule has 10 radical (unpaired) electrons. The smallest absolute Gasteiger partial charge is 0.358 e. The Hall–Kier alpha value is 1.32. The maximum absolute atomic E-state index is 2.20. The van der Waals surface area contributed by atoms with Crippen LogP contribution in [-0.2, 0) is 0 Å². The number of hydrogen-bond acceptors (Lipinski definition) is 0. The van der Waals surface area contributed by atoms with Crippen LogP contribution in [0.25, 0.3) is 0 Å². The van der Waals surface area contributed by atoms with Gasteiger partial charge in [-0.3, -0.25) is 0 Å². The molecule has 23 heavy (non-hydrogen) atoms. The van der Waals surface area contributed by atoms with Gasteiger partial charge in [0.05, 0.1) is 0 Å². The Kier molecular flexibility index (Phi) is 15.0. The predicted octanol–water partition coefficient (Wildman–Crippen LogP) is 6.84. The van der Waals surface area contributed by atoms with Gasteiger partial charge in [0.1, 0.15) is 0 Å². The van der Waals surface area contributed by atoms with Gasteiger partial charge in [-0.2, -0.15) is 0 Å². The van der Waals surface area contributed by atoms with Crippen LogP contribution < -0.4 is 0 Å². The zero-order valence-corrected chi connectivity index (χ0v) is 21.6. The maximum atomic E-state index is 2.20. The number of hydrogen-bond donors (Lipinski definition) is 0. The molecular weight excluding hydrogens is 496 g/mol. The van der Waals surface area contributed by atoms with Crippen molar-refractivity contribution in [3.63, 3.8) is 0 Å². The average Bonchev–Trinajstić information content (AvgIpc) is 2.71. The van der Waals surface area contributed by atoms with E-state index in [1.54, 1.807) is 0 Å². The van der Waals surface area contributed by atoms with Crippen LogP contribution in [0, 0.1) is 114 Å². The minimum atomic E-state index is 0. The Morgan fingerprint density at radius 2 is 0.304 bits per heavy atom. The zero-order valence-electron chi connectivity index (χ0n) is 17.5. The van der Waals surface area contributed by atoms with E-state index in [0.29, 0.717) is 0 Å². The molecule has 128 valence electrons. The van der Waals surface area contributed by atoms with Crippen molar-refractivity contribution in [2.24, 2.45) is 0 Å². The van der Waals surface area contributed by atoms with Crippen molar-refractivity contribution in [2.75, 3.05) is 0 Å². The standard InChI is InChI=1S/2C10H15.2CH3.Th/c2*1-6-7(2)9(4)10(5)8(6)3;;;/h2*1-5H3;2*1H3;/q;;2*-1;+2. The van der Waals surface area contributed by atoms with E-state index in [2.05, 4.69) is 69.2 Å². The van der Waals surface area contributed by atoms with Crippen molar-refractivity contribution in [1.82, 2.24) is 0 Å². The van der Waals surface area contributed by atoms with Gasteiger partial charge in [-0.05, 0) is 59.2 Å². The van der Waals surface area contributed by atoms with E-state index >= 15 is 0 Å². The minimum Gasteiger partial charge on any atom is -0.358 e. The van der Waals surface area contributed by atoms with Gasteiger partial charge >= 0.3 is 39.9 Å². The van der Waals surface area contributed by atoms with Crippen LogP contribution in [0.4, 0.5) is 0 Å². The summed E-state index contributed by atoms with van der Waals surface area (Å²) >= 11 is 0. The zero-order chi connectivity index (χ0) is 15.8. The van der Waals surface area contributed by atoms with Gasteiger partial charge in [-0.15, -0.1) is 0 Å². The second-order valence-corrected chi connectivity index (χ2v) is 6.25. The summed E-state index contributed by atoms with van der Waals surface area (Å²) in [7, 11) is 0. The first-order valence-electron chi connectivity index (χ1n) is 7.50. The largest absolute Gasteiger partial charge is 2.00 e. The van der Waals surface area contributed by atoms with Gasteiger partial charge in [-0.1, -0.05) is 69.2 Å². The monoisotopic (exact) mass is 532 g/mol. The van der Waals surface area contributed by atoms with Crippen LogP contribution in [-0.4, -0.2) is 0 Å². The van der Waals surface area contributed by atoms with Crippen molar-refractivity contribution in [2.45, 2.75) is 69.2 Å². The second-order valence-electron chi connectivity index (χ2n) is 6.25. The molecule has 2 aliphatic carbocycles. The van der Waals surface area contributed by atoms with Crippen molar-refractivity contribution < 1.29 is 39.9 Å². The first kappa shape index (κ1) is 29.1. The molecule has 2 aliphatic rings. The van der Waals surface area contributed by atoms with Crippen LogP contribution in [0.1, 0.15) is 69.2 Å². The van der Waals surface area contributed by atoms with E-state index in [0.717, 1.165) is 0 Å².